The minimum atomic E-state index is -0.824. The minimum Gasteiger partial charge on any atom is -0.371 e. The molecular weight excluding hydrogens is 527 g/mol. The number of nitrogens with one attached hydrogen (secondary N) is 2. The summed E-state index contributed by atoms with van der Waals surface area (Å²) in [5, 5.41) is 6.61. The van der Waals surface area contributed by atoms with Crippen LogP contribution >= 0.6 is 24.0 Å². The maximum Gasteiger partial charge on any atom is 0.253 e. The van der Waals surface area contributed by atoms with Gasteiger partial charge in [0.2, 0.25) is 0 Å². The summed E-state index contributed by atoms with van der Waals surface area (Å²) in [6, 6.07) is 11.5. The number of guanidine groups is 1. The fourth-order valence-electron chi connectivity index (χ4n) is 3.59. The Labute approximate surface area is 205 Å². The molecule has 2 aromatic rings. The number of amides is 1. The summed E-state index contributed by atoms with van der Waals surface area (Å²) in [6.45, 7) is 2.90. The van der Waals surface area contributed by atoms with Crippen LogP contribution in [0, 0.1) is 17.6 Å². The maximum absolute atomic E-state index is 13.5. The highest BCUT2D eigenvalue weighted by molar-refractivity contribution is 14.0. The van der Waals surface area contributed by atoms with Gasteiger partial charge in [0.15, 0.2) is 17.6 Å². The van der Waals surface area contributed by atoms with E-state index in [0.29, 0.717) is 29.7 Å². The van der Waals surface area contributed by atoms with Crippen LogP contribution in [0.2, 0.25) is 0 Å². The van der Waals surface area contributed by atoms with Crippen molar-refractivity contribution in [2.24, 2.45) is 10.9 Å². The standard InChI is InChI=1S/C23H29F2N5O.HI/c1-26-23(27-13-16-4-6-18(7-5-16)22(31)29(2)3)28-14-17-10-11-30(15-17)19-8-9-20(24)21(25)12-19;/h4-9,12,17H,10-11,13-15H2,1-3H3,(H2,26,27,28);1H. The zero-order chi connectivity index (χ0) is 22.4. The molecule has 0 bridgehead atoms. The van der Waals surface area contributed by atoms with E-state index >= 15 is 0 Å². The van der Waals surface area contributed by atoms with Gasteiger partial charge < -0.3 is 20.4 Å². The third kappa shape index (κ3) is 6.78. The summed E-state index contributed by atoms with van der Waals surface area (Å²) in [5.41, 5.74) is 2.41. The van der Waals surface area contributed by atoms with Gasteiger partial charge in [-0.15, -0.1) is 24.0 Å². The molecule has 0 saturated carbocycles. The lowest BCUT2D eigenvalue weighted by Crippen LogP contribution is -2.40. The van der Waals surface area contributed by atoms with E-state index < -0.39 is 11.6 Å². The smallest absolute Gasteiger partial charge is 0.253 e. The van der Waals surface area contributed by atoms with E-state index in [0.717, 1.165) is 31.6 Å². The zero-order valence-corrected chi connectivity index (χ0v) is 20.9. The highest BCUT2D eigenvalue weighted by Gasteiger charge is 2.23. The summed E-state index contributed by atoms with van der Waals surface area (Å²) in [5.74, 6) is -0.591. The topological polar surface area (TPSA) is 60.0 Å². The Balaban J connectivity index is 0.00000363. The summed E-state index contributed by atoms with van der Waals surface area (Å²) in [7, 11) is 5.18. The van der Waals surface area contributed by atoms with Crippen molar-refractivity contribution in [2.45, 2.75) is 13.0 Å². The van der Waals surface area contributed by atoms with Crippen molar-refractivity contribution in [1.82, 2.24) is 15.5 Å². The van der Waals surface area contributed by atoms with E-state index in [2.05, 4.69) is 20.5 Å². The highest BCUT2D eigenvalue weighted by atomic mass is 127. The minimum absolute atomic E-state index is 0. The first-order chi connectivity index (χ1) is 14.9. The number of rotatable bonds is 6. The fraction of sp³-hybridized carbons (Fsp3) is 0.391. The second-order valence-electron chi connectivity index (χ2n) is 7.90. The number of carbonyl (C=O) groups excluding carboxylic acids is 1. The van der Waals surface area contributed by atoms with E-state index in [1.165, 1.54) is 12.1 Å². The fourth-order valence-corrected chi connectivity index (χ4v) is 3.59. The summed E-state index contributed by atoms with van der Waals surface area (Å²) < 4.78 is 26.6. The van der Waals surface area contributed by atoms with Crippen LogP contribution in [0.25, 0.3) is 0 Å². The third-order valence-electron chi connectivity index (χ3n) is 5.40. The van der Waals surface area contributed by atoms with Crippen LogP contribution in [-0.2, 0) is 6.54 Å². The number of nitrogens with zero attached hydrogens (tertiary/aromatic N) is 3. The molecule has 1 amide bonds. The molecule has 1 aliphatic rings. The van der Waals surface area contributed by atoms with Crippen molar-refractivity contribution in [3.63, 3.8) is 0 Å². The van der Waals surface area contributed by atoms with Crippen molar-refractivity contribution in [1.29, 1.82) is 0 Å². The molecule has 1 heterocycles. The van der Waals surface area contributed by atoms with Gasteiger partial charge in [-0.25, -0.2) is 8.78 Å². The van der Waals surface area contributed by atoms with E-state index in [4.69, 9.17) is 0 Å². The van der Waals surface area contributed by atoms with Crippen LogP contribution in [0.1, 0.15) is 22.3 Å². The van der Waals surface area contributed by atoms with Crippen LogP contribution in [-0.4, -0.2) is 57.5 Å². The third-order valence-corrected chi connectivity index (χ3v) is 5.40. The first-order valence-electron chi connectivity index (χ1n) is 10.3. The summed E-state index contributed by atoms with van der Waals surface area (Å²) >= 11 is 0. The molecule has 2 N–H and O–H groups in total. The Kier molecular flexibility index (Phi) is 9.67. The first-order valence-corrected chi connectivity index (χ1v) is 10.3. The number of benzene rings is 2. The molecule has 174 valence electrons. The molecule has 1 aliphatic heterocycles. The number of carbonyl (C=O) groups is 1. The number of hydrogen-bond acceptors (Lipinski definition) is 3. The molecule has 1 saturated heterocycles. The molecule has 0 aromatic heterocycles. The molecule has 1 atom stereocenters. The first kappa shape index (κ1) is 25.8. The van der Waals surface area contributed by atoms with Gasteiger partial charge in [0.1, 0.15) is 0 Å². The number of halogens is 3. The largest absolute Gasteiger partial charge is 0.371 e. The average molecular weight is 557 g/mol. The van der Waals surface area contributed by atoms with E-state index in [1.807, 2.05) is 24.3 Å². The van der Waals surface area contributed by atoms with E-state index in [9.17, 15) is 13.6 Å². The quantitative estimate of drug-likeness (QED) is 0.325. The monoisotopic (exact) mass is 557 g/mol. The highest BCUT2D eigenvalue weighted by Crippen LogP contribution is 2.25. The van der Waals surface area contributed by atoms with E-state index in [1.54, 1.807) is 32.1 Å². The molecule has 9 heteroatoms. The van der Waals surface area contributed by atoms with Crippen molar-refractivity contribution in [3.05, 3.63) is 65.2 Å². The average Bonchev–Trinajstić information content (AvgIpc) is 3.24. The van der Waals surface area contributed by atoms with Gasteiger partial charge >= 0.3 is 0 Å². The zero-order valence-electron chi connectivity index (χ0n) is 18.6. The van der Waals surface area contributed by atoms with Crippen LogP contribution < -0.4 is 15.5 Å². The Bertz CT molecular complexity index is 936. The van der Waals surface area contributed by atoms with E-state index in [-0.39, 0.29) is 29.9 Å². The summed E-state index contributed by atoms with van der Waals surface area (Å²) in [6.07, 6.45) is 0.963. The predicted molar refractivity (Wildman–Crippen MR) is 135 cm³/mol. The van der Waals surface area contributed by atoms with Gasteiger partial charge in [0, 0.05) is 64.6 Å². The van der Waals surface area contributed by atoms with Gasteiger partial charge in [-0.05, 0) is 42.2 Å². The number of aliphatic imine (C=N–C) groups is 1. The van der Waals surface area contributed by atoms with Gasteiger partial charge in [0.25, 0.3) is 5.91 Å². The van der Waals surface area contributed by atoms with Crippen molar-refractivity contribution < 1.29 is 13.6 Å². The lowest BCUT2D eigenvalue weighted by Gasteiger charge is -2.19. The number of hydrogen-bond donors (Lipinski definition) is 2. The second-order valence-corrected chi connectivity index (χ2v) is 7.90. The normalized spacial score (nSPS) is 15.8. The second kappa shape index (κ2) is 12.0. The van der Waals surface area contributed by atoms with Gasteiger partial charge in [-0.1, -0.05) is 12.1 Å². The Morgan fingerprint density at radius 3 is 2.47 bits per heavy atom. The maximum atomic E-state index is 13.5. The molecule has 32 heavy (non-hydrogen) atoms. The van der Waals surface area contributed by atoms with Gasteiger partial charge in [-0.2, -0.15) is 0 Å². The Morgan fingerprint density at radius 1 is 1.12 bits per heavy atom. The lowest BCUT2D eigenvalue weighted by atomic mass is 10.1. The van der Waals surface area contributed by atoms with Crippen LogP contribution in [0.3, 0.4) is 0 Å². The van der Waals surface area contributed by atoms with Gasteiger partial charge in [0.05, 0.1) is 0 Å². The van der Waals surface area contributed by atoms with Crippen molar-refractivity contribution >= 4 is 41.5 Å². The summed E-state index contributed by atoms with van der Waals surface area (Å²) in [4.78, 5) is 19.8. The van der Waals surface area contributed by atoms with Crippen LogP contribution in [0.4, 0.5) is 14.5 Å². The molecule has 2 aromatic carbocycles. The molecule has 1 unspecified atom stereocenters. The molecule has 0 aliphatic carbocycles. The van der Waals surface area contributed by atoms with Crippen LogP contribution in [0.5, 0.6) is 0 Å². The molecule has 1 fully saturated rings. The van der Waals surface area contributed by atoms with Crippen LogP contribution in [0.15, 0.2) is 47.5 Å². The van der Waals surface area contributed by atoms with Crippen molar-refractivity contribution in [3.8, 4) is 0 Å². The molecule has 6 nitrogen and oxygen atoms in total. The Morgan fingerprint density at radius 2 is 1.84 bits per heavy atom. The number of anilines is 1. The molecule has 0 spiro atoms. The molecule has 3 rings (SSSR count). The van der Waals surface area contributed by atoms with Crippen molar-refractivity contribution in [2.75, 3.05) is 45.7 Å². The SMILES string of the molecule is CN=C(NCc1ccc(C(=O)N(C)C)cc1)NCC1CCN(c2ccc(F)c(F)c2)C1.I. The predicted octanol–water partition coefficient (Wildman–Crippen LogP) is 3.48. The van der Waals surface area contributed by atoms with Gasteiger partial charge in [-0.3, -0.25) is 9.79 Å². The molecule has 0 radical (unpaired) electrons. The molecular formula is C23H30F2IN5O. The Hall–Kier alpha value is -2.43. The lowest BCUT2D eigenvalue weighted by molar-refractivity contribution is 0.0827.